The van der Waals surface area contributed by atoms with Gasteiger partial charge < -0.3 is 14.6 Å². The Bertz CT molecular complexity index is 1010. The molecule has 1 aliphatic rings. The van der Waals surface area contributed by atoms with Gasteiger partial charge in [-0.15, -0.1) is 10.2 Å². The van der Waals surface area contributed by atoms with Crippen LogP contribution in [-0.2, 0) is 11.3 Å². The molecular weight excluding hydrogens is 414 g/mol. The average Bonchev–Trinajstić information content (AvgIpc) is 3.30. The number of morpholine rings is 1. The Morgan fingerprint density at radius 3 is 2.61 bits per heavy atom. The van der Waals surface area contributed by atoms with Crippen molar-refractivity contribution in [1.82, 2.24) is 25.0 Å². The quantitative estimate of drug-likeness (QED) is 0.610. The number of halogens is 1. The zero-order valence-corrected chi connectivity index (χ0v) is 18.3. The molecule has 8 heteroatoms. The number of rotatable bonds is 7. The summed E-state index contributed by atoms with van der Waals surface area (Å²) >= 11 is 6.48. The Kier molecular flexibility index (Phi) is 6.96. The van der Waals surface area contributed by atoms with Crippen LogP contribution in [0.25, 0.3) is 11.4 Å². The molecule has 1 aromatic heterocycles. The van der Waals surface area contributed by atoms with Gasteiger partial charge in [0, 0.05) is 42.3 Å². The van der Waals surface area contributed by atoms with Crippen LogP contribution >= 0.6 is 11.6 Å². The molecule has 2 aromatic carbocycles. The second-order valence-electron chi connectivity index (χ2n) is 7.41. The van der Waals surface area contributed by atoms with Gasteiger partial charge >= 0.3 is 0 Å². The molecular formula is C23H26ClN5O2. The average molecular weight is 440 g/mol. The minimum absolute atomic E-state index is 0.0103. The largest absolute Gasteiger partial charge is 0.379 e. The first-order valence-corrected chi connectivity index (χ1v) is 10.9. The second-order valence-corrected chi connectivity index (χ2v) is 7.82. The van der Waals surface area contributed by atoms with E-state index in [0.717, 1.165) is 36.6 Å². The van der Waals surface area contributed by atoms with E-state index < -0.39 is 0 Å². The standard InChI is InChI=1S/C23H26ClN5O2/c1-2-28-16-26-27-22(28)17-7-9-18(10-8-17)23(30)25-15-21(29-11-13-31-14-12-29)19-5-3-4-6-20(19)24/h3-10,16,21H,2,11-15H2,1H3,(H,25,30)/t21-/m0/s1. The van der Waals surface area contributed by atoms with Gasteiger partial charge in [-0.25, -0.2) is 0 Å². The fourth-order valence-corrected chi connectivity index (χ4v) is 4.10. The fraction of sp³-hybridized carbons (Fsp3) is 0.348. The highest BCUT2D eigenvalue weighted by Gasteiger charge is 2.25. The molecule has 0 bridgehead atoms. The Morgan fingerprint density at radius 2 is 1.90 bits per heavy atom. The van der Waals surface area contributed by atoms with Crippen LogP contribution in [0.4, 0.5) is 0 Å². The molecule has 0 saturated carbocycles. The van der Waals surface area contributed by atoms with Crippen molar-refractivity contribution in [3.05, 3.63) is 71.0 Å². The Hall–Kier alpha value is -2.74. The third-order valence-corrected chi connectivity index (χ3v) is 5.91. The Labute approximate surface area is 187 Å². The fourth-order valence-electron chi connectivity index (χ4n) is 3.84. The van der Waals surface area contributed by atoms with Crippen molar-refractivity contribution < 1.29 is 9.53 Å². The van der Waals surface area contributed by atoms with E-state index in [4.69, 9.17) is 16.3 Å². The lowest BCUT2D eigenvalue weighted by atomic mass is 10.0. The number of nitrogens with zero attached hydrogens (tertiary/aromatic N) is 4. The smallest absolute Gasteiger partial charge is 0.251 e. The summed E-state index contributed by atoms with van der Waals surface area (Å²) in [6.07, 6.45) is 1.70. The lowest BCUT2D eigenvalue weighted by molar-refractivity contribution is 0.0162. The molecule has 0 spiro atoms. The summed E-state index contributed by atoms with van der Waals surface area (Å²) in [5, 5.41) is 11.9. The van der Waals surface area contributed by atoms with Crippen molar-refractivity contribution in [2.45, 2.75) is 19.5 Å². The number of carbonyl (C=O) groups excluding carboxylic acids is 1. The van der Waals surface area contributed by atoms with E-state index in [9.17, 15) is 4.79 Å². The van der Waals surface area contributed by atoms with E-state index in [-0.39, 0.29) is 11.9 Å². The number of nitrogens with one attached hydrogen (secondary N) is 1. The zero-order chi connectivity index (χ0) is 21.6. The summed E-state index contributed by atoms with van der Waals surface area (Å²) in [6, 6.07) is 15.2. The van der Waals surface area contributed by atoms with Gasteiger partial charge in [-0.05, 0) is 30.7 Å². The normalized spacial score (nSPS) is 15.5. The molecule has 4 rings (SSSR count). The number of amides is 1. The van der Waals surface area contributed by atoms with Gasteiger partial charge in [0.15, 0.2) is 5.82 Å². The zero-order valence-electron chi connectivity index (χ0n) is 17.5. The summed E-state index contributed by atoms with van der Waals surface area (Å²) in [4.78, 5) is 15.2. The third-order valence-electron chi connectivity index (χ3n) is 5.57. The first-order chi connectivity index (χ1) is 15.2. The summed E-state index contributed by atoms with van der Waals surface area (Å²) in [5.41, 5.74) is 2.55. The molecule has 31 heavy (non-hydrogen) atoms. The molecule has 1 N–H and O–H groups in total. The number of hydrogen-bond donors (Lipinski definition) is 1. The van der Waals surface area contributed by atoms with Gasteiger partial charge in [-0.2, -0.15) is 0 Å². The first-order valence-electron chi connectivity index (χ1n) is 10.5. The van der Waals surface area contributed by atoms with E-state index in [2.05, 4.69) is 20.4 Å². The van der Waals surface area contributed by atoms with Gasteiger partial charge in [0.1, 0.15) is 6.33 Å². The molecule has 162 valence electrons. The van der Waals surface area contributed by atoms with Crippen molar-refractivity contribution in [1.29, 1.82) is 0 Å². The monoisotopic (exact) mass is 439 g/mol. The topological polar surface area (TPSA) is 72.3 Å². The van der Waals surface area contributed by atoms with Crippen molar-refractivity contribution in [2.24, 2.45) is 0 Å². The number of benzene rings is 2. The van der Waals surface area contributed by atoms with E-state index in [0.29, 0.717) is 30.3 Å². The number of carbonyl (C=O) groups is 1. The molecule has 3 aromatic rings. The van der Waals surface area contributed by atoms with Crippen molar-refractivity contribution >= 4 is 17.5 Å². The van der Waals surface area contributed by atoms with Gasteiger partial charge in [-0.1, -0.05) is 41.9 Å². The van der Waals surface area contributed by atoms with Crippen LogP contribution in [0, 0.1) is 0 Å². The number of ether oxygens (including phenoxy) is 1. The molecule has 1 atom stereocenters. The molecule has 1 aliphatic heterocycles. The van der Waals surface area contributed by atoms with Crippen molar-refractivity contribution in [2.75, 3.05) is 32.8 Å². The highest BCUT2D eigenvalue weighted by atomic mass is 35.5. The van der Waals surface area contributed by atoms with E-state index in [1.165, 1.54) is 0 Å². The summed E-state index contributed by atoms with van der Waals surface area (Å²) in [6.45, 7) is 6.26. The number of hydrogen-bond acceptors (Lipinski definition) is 5. The maximum absolute atomic E-state index is 12.8. The highest BCUT2D eigenvalue weighted by molar-refractivity contribution is 6.31. The Morgan fingerprint density at radius 1 is 1.16 bits per heavy atom. The van der Waals surface area contributed by atoms with Crippen LogP contribution in [0.2, 0.25) is 5.02 Å². The molecule has 7 nitrogen and oxygen atoms in total. The van der Waals surface area contributed by atoms with Crippen LogP contribution in [0.1, 0.15) is 28.9 Å². The van der Waals surface area contributed by atoms with Crippen molar-refractivity contribution in [3.8, 4) is 11.4 Å². The Balaban J connectivity index is 1.47. The van der Waals surface area contributed by atoms with Gasteiger partial charge in [-0.3, -0.25) is 9.69 Å². The molecule has 1 amide bonds. The van der Waals surface area contributed by atoms with Gasteiger partial charge in [0.2, 0.25) is 0 Å². The highest BCUT2D eigenvalue weighted by Crippen LogP contribution is 2.28. The molecule has 0 aliphatic carbocycles. The molecule has 1 fully saturated rings. The minimum atomic E-state index is -0.117. The van der Waals surface area contributed by atoms with E-state index >= 15 is 0 Å². The van der Waals surface area contributed by atoms with Crippen LogP contribution in [-0.4, -0.2) is 58.4 Å². The van der Waals surface area contributed by atoms with Crippen LogP contribution < -0.4 is 5.32 Å². The predicted octanol–water partition coefficient (Wildman–Crippen LogP) is 3.42. The van der Waals surface area contributed by atoms with Crippen LogP contribution in [0.3, 0.4) is 0 Å². The summed E-state index contributed by atoms with van der Waals surface area (Å²) in [5.74, 6) is 0.675. The maximum Gasteiger partial charge on any atom is 0.251 e. The summed E-state index contributed by atoms with van der Waals surface area (Å²) < 4.78 is 7.46. The van der Waals surface area contributed by atoms with Crippen LogP contribution in [0.15, 0.2) is 54.9 Å². The van der Waals surface area contributed by atoms with E-state index in [1.54, 1.807) is 6.33 Å². The van der Waals surface area contributed by atoms with Crippen LogP contribution in [0.5, 0.6) is 0 Å². The maximum atomic E-state index is 12.8. The SMILES string of the molecule is CCn1cnnc1-c1ccc(C(=O)NC[C@@H](c2ccccc2Cl)N2CCOCC2)cc1. The third kappa shape index (κ3) is 4.95. The molecule has 0 unspecified atom stereocenters. The molecule has 0 radical (unpaired) electrons. The lowest BCUT2D eigenvalue weighted by Crippen LogP contribution is -2.44. The van der Waals surface area contributed by atoms with Gasteiger partial charge in [0.05, 0.1) is 19.3 Å². The first kappa shape index (κ1) is 21.5. The molecule has 2 heterocycles. The lowest BCUT2D eigenvalue weighted by Gasteiger charge is -2.35. The predicted molar refractivity (Wildman–Crippen MR) is 120 cm³/mol. The second kappa shape index (κ2) is 10.0. The van der Waals surface area contributed by atoms with Gasteiger partial charge in [0.25, 0.3) is 5.91 Å². The number of aromatic nitrogens is 3. The molecule has 1 saturated heterocycles. The summed E-state index contributed by atoms with van der Waals surface area (Å²) in [7, 11) is 0. The number of aryl methyl sites for hydroxylation is 1. The van der Waals surface area contributed by atoms with E-state index in [1.807, 2.05) is 60.0 Å². The minimum Gasteiger partial charge on any atom is -0.379 e. The van der Waals surface area contributed by atoms with Crippen molar-refractivity contribution in [3.63, 3.8) is 0 Å².